The van der Waals surface area contributed by atoms with E-state index in [4.69, 9.17) is 11.5 Å². The Bertz CT molecular complexity index is 404. The molecule has 2 amide bonds. The summed E-state index contributed by atoms with van der Waals surface area (Å²) in [5, 5.41) is 2.71. The van der Waals surface area contributed by atoms with Gasteiger partial charge < -0.3 is 16.8 Å². The molecule has 0 unspecified atom stereocenters. The highest BCUT2D eigenvalue weighted by Gasteiger charge is 2.04. The Balaban J connectivity index is 2.53. The lowest BCUT2D eigenvalue weighted by Gasteiger charge is -2.05. The van der Waals surface area contributed by atoms with Gasteiger partial charge in [0.05, 0.1) is 0 Å². The van der Waals surface area contributed by atoms with E-state index in [1.54, 1.807) is 24.3 Å². The fraction of sp³-hybridized carbons (Fsp3) is 0.333. The van der Waals surface area contributed by atoms with Crippen molar-refractivity contribution in [3.8, 4) is 0 Å². The molecule has 0 bridgehead atoms. The number of hydrogen-bond donors (Lipinski definition) is 3. The Hall–Kier alpha value is -1.88. The maximum absolute atomic E-state index is 11.5. The predicted octanol–water partition coefficient (Wildman–Crippen LogP) is 0.853. The third-order valence-electron chi connectivity index (χ3n) is 2.29. The van der Waals surface area contributed by atoms with E-state index in [0.29, 0.717) is 24.2 Å². The highest BCUT2D eigenvalue weighted by Crippen LogP contribution is 2.11. The van der Waals surface area contributed by atoms with Crippen LogP contribution in [0.3, 0.4) is 0 Å². The van der Waals surface area contributed by atoms with Crippen LogP contribution in [0, 0.1) is 0 Å². The van der Waals surface area contributed by atoms with Gasteiger partial charge in [0.1, 0.15) is 0 Å². The van der Waals surface area contributed by atoms with Crippen molar-refractivity contribution in [1.29, 1.82) is 0 Å². The second-order valence-corrected chi connectivity index (χ2v) is 3.74. The van der Waals surface area contributed by atoms with Crippen LogP contribution in [0.4, 0.5) is 5.69 Å². The third kappa shape index (κ3) is 4.65. The van der Waals surface area contributed by atoms with Crippen LogP contribution in [-0.4, -0.2) is 18.4 Å². The van der Waals surface area contributed by atoms with Crippen molar-refractivity contribution in [2.75, 3.05) is 11.9 Å². The summed E-state index contributed by atoms with van der Waals surface area (Å²) in [7, 11) is 0. The lowest BCUT2D eigenvalue weighted by atomic mass is 10.2. The smallest absolute Gasteiger partial charge is 0.248 e. The molecule has 1 rings (SSSR count). The Morgan fingerprint density at radius 2 is 2.00 bits per heavy atom. The first-order valence-corrected chi connectivity index (χ1v) is 5.53. The van der Waals surface area contributed by atoms with Gasteiger partial charge in [-0.25, -0.2) is 0 Å². The van der Waals surface area contributed by atoms with Crippen molar-refractivity contribution in [1.82, 2.24) is 0 Å². The second-order valence-electron chi connectivity index (χ2n) is 3.74. The number of hydrogen-bond acceptors (Lipinski definition) is 3. The largest absolute Gasteiger partial charge is 0.366 e. The number of carbonyl (C=O) groups excluding carboxylic acids is 2. The first kappa shape index (κ1) is 13.2. The Kier molecular flexibility index (Phi) is 5.16. The average molecular weight is 235 g/mol. The minimum atomic E-state index is -0.510. The van der Waals surface area contributed by atoms with Gasteiger partial charge in [-0.15, -0.1) is 0 Å². The molecule has 0 aliphatic rings. The van der Waals surface area contributed by atoms with E-state index in [9.17, 15) is 9.59 Å². The molecule has 0 fully saturated rings. The van der Waals surface area contributed by atoms with Crippen LogP contribution in [0.15, 0.2) is 24.3 Å². The summed E-state index contributed by atoms with van der Waals surface area (Å²) in [4.78, 5) is 22.4. The second kappa shape index (κ2) is 6.65. The summed E-state index contributed by atoms with van der Waals surface area (Å²) in [6.45, 7) is 0.588. The molecule has 0 radical (unpaired) electrons. The van der Waals surface area contributed by atoms with E-state index in [-0.39, 0.29) is 5.91 Å². The number of unbranched alkanes of at least 4 members (excludes halogenated alkanes) is 1. The van der Waals surface area contributed by atoms with Gasteiger partial charge in [0.2, 0.25) is 11.8 Å². The minimum absolute atomic E-state index is 0.0833. The van der Waals surface area contributed by atoms with Gasteiger partial charge in [0.15, 0.2) is 0 Å². The van der Waals surface area contributed by atoms with E-state index in [2.05, 4.69) is 5.32 Å². The van der Waals surface area contributed by atoms with Crippen LogP contribution in [-0.2, 0) is 4.79 Å². The highest BCUT2D eigenvalue weighted by molar-refractivity contribution is 5.96. The van der Waals surface area contributed by atoms with E-state index in [0.717, 1.165) is 12.8 Å². The molecule has 0 aliphatic carbocycles. The molecular weight excluding hydrogens is 218 g/mol. The zero-order valence-corrected chi connectivity index (χ0v) is 9.61. The maximum atomic E-state index is 11.5. The molecule has 0 saturated carbocycles. The predicted molar refractivity (Wildman–Crippen MR) is 66.5 cm³/mol. The standard InChI is InChI=1S/C12H17N3O2/c13-7-2-1-6-11(16)15-10-5-3-4-9(8-10)12(14)17/h3-5,8H,1-2,6-7,13H2,(H2,14,17)(H,15,16). The molecule has 5 heteroatoms. The van der Waals surface area contributed by atoms with Gasteiger partial charge in [-0.3, -0.25) is 9.59 Å². The molecule has 0 atom stereocenters. The molecule has 0 aliphatic heterocycles. The number of nitrogens with two attached hydrogens (primary N) is 2. The Morgan fingerprint density at radius 1 is 1.24 bits per heavy atom. The van der Waals surface area contributed by atoms with Crippen LogP contribution in [0.1, 0.15) is 29.6 Å². The Morgan fingerprint density at radius 3 is 2.65 bits per heavy atom. The van der Waals surface area contributed by atoms with Crippen LogP contribution in [0.2, 0.25) is 0 Å². The molecule has 5 N–H and O–H groups in total. The van der Waals surface area contributed by atoms with E-state index in [1.165, 1.54) is 0 Å². The van der Waals surface area contributed by atoms with Crippen molar-refractivity contribution < 1.29 is 9.59 Å². The number of carbonyl (C=O) groups is 2. The van der Waals surface area contributed by atoms with Crippen molar-refractivity contribution in [3.05, 3.63) is 29.8 Å². The van der Waals surface area contributed by atoms with Gasteiger partial charge in [-0.1, -0.05) is 6.07 Å². The summed E-state index contributed by atoms with van der Waals surface area (Å²) in [5.41, 5.74) is 11.4. The number of benzene rings is 1. The number of nitrogens with one attached hydrogen (secondary N) is 1. The molecule has 92 valence electrons. The monoisotopic (exact) mass is 235 g/mol. The third-order valence-corrected chi connectivity index (χ3v) is 2.29. The van der Waals surface area contributed by atoms with Crippen molar-refractivity contribution in [3.63, 3.8) is 0 Å². The molecule has 0 heterocycles. The number of amides is 2. The normalized spacial score (nSPS) is 9.94. The maximum Gasteiger partial charge on any atom is 0.248 e. The van der Waals surface area contributed by atoms with Gasteiger partial charge >= 0.3 is 0 Å². The van der Waals surface area contributed by atoms with E-state index in [1.807, 2.05) is 0 Å². The van der Waals surface area contributed by atoms with E-state index >= 15 is 0 Å². The molecular formula is C12H17N3O2. The first-order chi connectivity index (χ1) is 8.13. The van der Waals surface area contributed by atoms with E-state index < -0.39 is 5.91 Å². The minimum Gasteiger partial charge on any atom is -0.366 e. The van der Waals surface area contributed by atoms with Gasteiger partial charge in [0, 0.05) is 17.7 Å². The summed E-state index contributed by atoms with van der Waals surface area (Å²) < 4.78 is 0. The first-order valence-electron chi connectivity index (χ1n) is 5.53. The highest BCUT2D eigenvalue weighted by atomic mass is 16.2. The fourth-order valence-corrected chi connectivity index (χ4v) is 1.40. The lowest BCUT2D eigenvalue weighted by molar-refractivity contribution is -0.116. The molecule has 5 nitrogen and oxygen atoms in total. The average Bonchev–Trinajstić information content (AvgIpc) is 2.29. The van der Waals surface area contributed by atoms with Crippen LogP contribution in [0.25, 0.3) is 0 Å². The zero-order chi connectivity index (χ0) is 12.7. The molecule has 1 aromatic carbocycles. The summed E-state index contributed by atoms with van der Waals surface area (Å²) in [5.74, 6) is -0.593. The number of anilines is 1. The topological polar surface area (TPSA) is 98.2 Å². The summed E-state index contributed by atoms with van der Waals surface area (Å²) >= 11 is 0. The molecule has 1 aromatic rings. The van der Waals surface area contributed by atoms with Gasteiger partial charge in [-0.2, -0.15) is 0 Å². The molecule has 0 aromatic heterocycles. The van der Waals surface area contributed by atoms with Crippen molar-refractivity contribution >= 4 is 17.5 Å². The van der Waals surface area contributed by atoms with Gasteiger partial charge in [0.25, 0.3) is 0 Å². The lowest BCUT2D eigenvalue weighted by Crippen LogP contribution is -2.14. The van der Waals surface area contributed by atoms with Crippen molar-refractivity contribution in [2.24, 2.45) is 11.5 Å². The zero-order valence-electron chi connectivity index (χ0n) is 9.61. The number of primary amides is 1. The van der Waals surface area contributed by atoms with Crippen LogP contribution >= 0.6 is 0 Å². The molecule has 0 saturated heterocycles. The Labute approximate surface area is 100 Å². The molecule has 17 heavy (non-hydrogen) atoms. The summed E-state index contributed by atoms with van der Waals surface area (Å²) in [6.07, 6.45) is 2.02. The summed E-state index contributed by atoms with van der Waals surface area (Å²) in [6, 6.07) is 6.55. The SMILES string of the molecule is NCCCCC(=O)Nc1cccc(C(N)=O)c1. The van der Waals surface area contributed by atoms with Crippen LogP contribution < -0.4 is 16.8 Å². The quantitative estimate of drug-likeness (QED) is 0.637. The van der Waals surface area contributed by atoms with Crippen molar-refractivity contribution in [2.45, 2.75) is 19.3 Å². The number of rotatable bonds is 6. The fourth-order valence-electron chi connectivity index (χ4n) is 1.40. The van der Waals surface area contributed by atoms with Gasteiger partial charge in [-0.05, 0) is 37.6 Å². The molecule has 0 spiro atoms. The van der Waals surface area contributed by atoms with Crippen LogP contribution in [0.5, 0.6) is 0 Å².